The Labute approximate surface area is 224 Å². The molecule has 200 valence electrons. The Morgan fingerprint density at radius 1 is 1.00 bits per heavy atom. The zero-order chi connectivity index (χ0) is 26.8. The lowest BCUT2D eigenvalue weighted by Crippen LogP contribution is -2.54. The number of carbonyl (C=O) groups is 4. The topological polar surface area (TPSA) is 131 Å². The Kier molecular flexibility index (Phi) is 5.43. The van der Waals surface area contributed by atoms with E-state index in [9.17, 15) is 19.2 Å². The van der Waals surface area contributed by atoms with Gasteiger partial charge < -0.3 is 5.32 Å². The van der Waals surface area contributed by atoms with Crippen LogP contribution in [0.2, 0.25) is 0 Å². The molecular formula is C28H29N7O4. The average Bonchev–Trinajstić information content (AvgIpc) is 3.43. The third-order valence-corrected chi connectivity index (χ3v) is 8.44. The van der Waals surface area contributed by atoms with Crippen LogP contribution < -0.4 is 10.6 Å². The van der Waals surface area contributed by atoms with Crippen LogP contribution in [0.25, 0.3) is 11.3 Å². The second-order valence-corrected chi connectivity index (χ2v) is 11.1. The molecule has 39 heavy (non-hydrogen) atoms. The Bertz CT molecular complexity index is 1530. The summed E-state index contributed by atoms with van der Waals surface area (Å²) in [5.74, 6) is -0.961. The number of nitrogens with zero attached hydrogens (tertiary/aromatic N) is 5. The zero-order valence-electron chi connectivity index (χ0n) is 21.6. The monoisotopic (exact) mass is 527 g/mol. The number of carbonyl (C=O) groups excluding carboxylic acids is 4. The van der Waals surface area contributed by atoms with Crippen molar-refractivity contribution in [1.29, 1.82) is 0 Å². The van der Waals surface area contributed by atoms with Crippen LogP contribution in [0, 0.1) is 5.92 Å². The van der Waals surface area contributed by atoms with Gasteiger partial charge in [-0.3, -0.25) is 38.8 Å². The molecule has 2 N–H and O–H groups in total. The molecular weight excluding hydrogens is 498 g/mol. The lowest BCUT2D eigenvalue weighted by atomic mass is 9.80. The number of aromatic nitrogens is 4. The molecule has 7 rings (SSSR count). The number of anilines is 1. The highest BCUT2D eigenvalue weighted by molar-refractivity contribution is 6.23. The summed E-state index contributed by atoms with van der Waals surface area (Å²) in [5, 5.41) is 15.0. The molecule has 1 unspecified atom stereocenters. The van der Waals surface area contributed by atoms with Crippen LogP contribution in [0.15, 0.2) is 36.7 Å². The van der Waals surface area contributed by atoms with Gasteiger partial charge >= 0.3 is 0 Å². The summed E-state index contributed by atoms with van der Waals surface area (Å²) in [4.78, 5) is 50.7. The van der Waals surface area contributed by atoms with Crippen LogP contribution in [0.4, 0.5) is 5.69 Å². The van der Waals surface area contributed by atoms with Gasteiger partial charge in [0.05, 0.1) is 28.6 Å². The van der Waals surface area contributed by atoms with Gasteiger partial charge in [0.15, 0.2) is 0 Å². The molecule has 11 heteroatoms. The zero-order valence-corrected chi connectivity index (χ0v) is 21.6. The number of hydrogen-bond donors (Lipinski definition) is 2. The van der Waals surface area contributed by atoms with E-state index in [1.165, 1.54) is 24.1 Å². The van der Waals surface area contributed by atoms with E-state index in [0.29, 0.717) is 17.9 Å². The molecule has 11 nitrogen and oxygen atoms in total. The molecule has 1 atom stereocenters. The second kappa shape index (κ2) is 8.89. The van der Waals surface area contributed by atoms with Crippen molar-refractivity contribution in [1.82, 2.24) is 29.8 Å². The minimum absolute atomic E-state index is 0.101. The lowest BCUT2D eigenvalue weighted by molar-refractivity contribution is -0.136. The van der Waals surface area contributed by atoms with Crippen molar-refractivity contribution in [3.63, 3.8) is 0 Å². The summed E-state index contributed by atoms with van der Waals surface area (Å²) in [6.07, 6.45) is 8.65. The summed E-state index contributed by atoms with van der Waals surface area (Å²) >= 11 is 0. The number of fused-ring (bicyclic) bond motifs is 1. The number of amides is 4. The molecule has 4 amide bonds. The summed E-state index contributed by atoms with van der Waals surface area (Å²) in [6.45, 7) is 0.750. The van der Waals surface area contributed by atoms with Crippen molar-refractivity contribution in [3.8, 4) is 11.3 Å². The third-order valence-electron chi connectivity index (χ3n) is 8.44. The van der Waals surface area contributed by atoms with Crippen LogP contribution in [-0.2, 0) is 16.6 Å². The third kappa shape index (κ3) is 4.03. The van der Waals surface area contributed by atoms with Crippen molar-refractivity contribution in [2.75, 3.05) is 11.9 Å². The first-order chi connectivity index (χ1) is 18.9. The van der Waals surface area contributed by atoms with Crippen molar-refractivity contribution < 1.29 is 19.2 Å². The van der Waals surface area contributed by atoms with Crippen LogP contribution in [-0.4, -0.2) is 60.7 Å². The van der Waals surface area contributed by atoms with E-state index < -0.39 is 23.8 Å². The maximum atomic E-state index is 13.1. The van der Waals surface area contributed by atoms with E-state index >= 15 is 0 Å². The largest absolute Gasteiger partial charge is 0.385 e. The first kappa shape index (κ1) is 23.8. The van der Waals surface area contributed by atoms with Crippen LogP contribution >= 0.6 is 0 Å². The first-order valence-electron chi connectivity index (χ1n) is 13.5. The summed E-state index contributed by atoms with van der Waals surface area (Å²) < 4.78 is 4.04. The molecule has 1 aromatic carbocycles. The molecule has 0 spiro atoms. The van der Waals surface area contributed by atoms with Crippen LogP contribution in [0.3, 0.4) is 0 Å². The Morgan fingerprint density at radius 2 is 1.79 bits per heavy atom. The number of imide groups is 2. The van der Waals surface area contributed by atoms with Crippen LogP contribution in [0.1, 0.15) is 76.9 Å². The average molecular weight is 528 g/mol. The SMILES string of the molecule is Cn1nccc1-c1cn(C2CC(CNc3ccc4c(c3)C(=O)N(C3CCC(=O)NC3=O)C4=O)C2)nc1C1CC1. The number of benzene rings is 1. The second-order valence-electron chi connectivity index (χ2n) is 11.1. The minimum atomic E-state index is -0.959. The van der Waals surface area contributed by atoms with Crippen molar-refractivity contribution in [3.05, 3.63) is 53.5 Å². The van der Waals surface area contributed by atoms with Gasteiger partial charge in [-0.15, -0.1) is 0 Å². The number of nitrogens with one attached hydrogen (secondary N) is 2. The molecule has 0 radical (unpaired) electrons. The number of aryl methyl sites for hydroxylation is 1. The molecule has 3 fully saturated rings. The van der Waals surface area contributed by atoms with E-state index in [1.807, 2.05) is 24.0 Å². The molecule has 2 aromatic heterocycles. The van der Waals surface area contributed by atoms with E-state index in [2.05, 4.69) is 26.6 Å². The maximum absolute atomic E-state index is 13.1. The van der Waals surface area contributed by atoms with E-state index in [1.54, 1.807) is 18.2 Å². The highest BCUT2D eigenvalue weighted by atomic mass is 16.2. The fourth-order valence-corrected chi connectivity index (χ4v) is 6.01. The molecule has 3 aromatic rings. The van der Waals surface area contributed by atoms with Gasteiger partial charge in [-0.05, 0) is 62.3 Å². The molecule has 0 bridgehead atoms. The predicted octanol–water partition coefficient (Wildman–Crippen LogP) is 2.63. The summed E-state index contributed by atoms with van der Waals surface area (Å²) in [7, 11) is 1.96. The van der Waals surface area contributed by atoms with Gasteiger partial charge in [0.1, 0.15) is 6.04 Å². The smallest absolute Gasteiger partial charge is 0.262 e. The van der Waals surface area contributed by atoms with E-state index in [-0.39, 0.29) is 29.9 Å². The maximum Gasteiger partial charge on any atom is 0.262 e. The first-order valence-corrected chi connectivity index (χ1v) is 13.5. The minimum Gasteiger partial charge on any atom is -0.385 e. The van der Waals surface area contributed by atoms with Crippen molar-refractivity contribution >= 4 is 29.3 Å². The number of rotatable bonds is 7. The summed E-state index contributed by atoms with van der Waals surface area (Å²) in [6, 6.07) is 6.56. The Hall–Kier alpha value is -4.28. The molecule has 2 saturated carbocycles. The molecule has 2 aliphatic heterocycles. The van der Waals surface area contributed by atoms with Crippen molar-refractivity contribution in [2.45, 2.75) is 56.5 Å². The Morgan fingerprint density at radius 3 is 2.51 bits per heavy atom. The van der Waals surface area contributed by atoms with Gasteiger partial charge in [0.25, 0.3) is 11.8 Å². The van der Waals surface area contributed by atoms with Gasteiger partial charge in [-0.2, -0.15) is 10.2 Å². The standard InChI is InChI=1S/C28H29N7O4/c1-33-22(8-9-30-33)21-14-34(32-25(21)16-2-3-16)18-10-15(11-18)13-29-17-4-5-19-20(12-17)28(39)35(27(19)38)23-6-7-24(36)31-26(23)37/h4-5,8-9,12,14-16,18,23,29H,2-3,6-7,10-11,13H2,1H3,(H,31,36,37). The molecule has 4 heterocycles. The van der Waals surface area contributed by atoms with E-state index in [0.717, 1.165) is 35.7 Å². The molecule has 2 aliphatic carbocycles. The fraction of sp³-hybridized carbons (Fsp3) is 0.429. The normalized spacial score (nSPS) is 24.5. The van der Waals surface area contributed by atoms with Gasteiger partial charge in [-0.25, -0.2) is 0 Å². The van der Waals surface area contributed by atoms with Gasteiger partial charge in [0, 0.05) is 49.6 Å². The lowest BCUT2D eigenvalue weighted by Gasteiger charge is -2.35. The highest BCUT2D eigenvalue weighted by Crippen LogP contribution is 2.45. The summed E-state index contributed by atoms with van der Waals surface area (Å²) in [5.41, 5.74) is 4.80. The predicted molar refractivity (Wildman–Crippen MR) is 140 cm³/mol. The highest BCUT2D eigenvalue weighted by Gasteiger charge is 2.44. The quantitative estimate of drug-likeness (QED) is 0.452. The van der Waals surface area contributed by atoms with Crippen molar-refractivity contribution in [2.24, 2.45) is 13.0 Å². The fourth-order valence-electron chi connectivity index (χ4n) is 6.01. The molecule has 1 saturated heterocycles. The number of piperidine rings is 1. The number of hydrogen-bond acceptors (Lipinski definition) is 7. The Balaban J connectivity index is 0.989. The molecule has 4 aliphatic rings. The van der Waals surface area contributed by atoms with Crippen LogP contribution in [0.5, 0.6) is 0 Å². The van der Waals surface area contributed by atoms with Gasteiger partial charge in [-0.1, -0.05) is 0 Å². The van der Waals surface area contributed by atoms with E-state index in [4.69, 9.17) is 5.10 Å². The van der Waals surface area contributed by atoms with Gasteiger partial charge in [0.2, 0.25) is 11.8 Å².